The molecular formula is C7H6F3NaO3S2. The number of rotatable bonds is 2. The molecule has 0 amide bonds. The van der Waals surface area contributed by atoms with Crippen LogP contribution in [0.4, 0.5) is 13.2 Å². The molecule has 0 aliphatic carbocycles. The van der Waals surface area contributed by atoms with Gasteiger partial charge in [-0.2, -0.15) is 21.6 Å². The molecule has 0 fully saturated rings. The zero-order valence-corrected chi connectivity index (χ0v) is 11.7. The maximum atomic E-state index is 12.2. The van der Waals surface area contributed by atoms with Gasteiger partial charge in [-0.25, -0.2) is 0 Å². The van der Waals surface area contributed by atoms with Crippen LogP contribution in [0.25, 0.3) is 0 Å². The van der Waals surface area contributed by atoms with Crippen molar-refractivity contribution < 1.29 is 57.1 Å². The SMILES string of the molecule is O=S(=O)(O)Sc1cccc(C(F)(F)F)c1.[H-].[Na+]. The summed E-state index contributed by atoms with van der Waals surface area (Å²) in [5, 5.41) is 0. The maximum absolute atomic E-state index is 12.2. The molecule has 0 atom stereocenters. The normalized spacial score (nSPS) is 12.0. The van der Waals surface area contributed by atoms with Gasteiger partial charge in [-0.15, -0.1) is 0 Å². The Bertz CT molecular complexity index is 464. The van der Waals surface area contributed by atoms with E-state index in [0.29, 0.717) is 6.07 Å². The van der Waals surface area contributed by atoms with Gasteiger partial charge >= 0.3 is 44.9 Å². The number of hydrogen-bond donors (Lipinski definition) is 1. The second kappa shape index (κ2) is 5.74. The van der Waals surface area contributed by atoms with Crippen LogP contribution in [0.15, 0.2) is 29.2 Å². The molecule has 0 saturated heterocycles. The van der Waals surface area contributed by atoms with E-state index >= 15 is 0 Å². The molecule has 1 aromatic rings. The van der Waals surface area contributed by atoms with Crippen LogP contribution in [0.3, 0.4) is 0 Å². The van der Waals surface area contributed by atoms with E-state index < -0.39 is 20.9 Å². The smallest absolute Gasteiger partial charge is 1.00 e. The largest absolute Gasteiger partial charge is 1.00 e. The van der Waals surface area contributed by atoms with E-state index in [9.17, 15) is 21.6 Å². The number of benzene rings is 1. The average Bonchev–Trinajstić information content (AvgIpc) is 1.99. The summed E-state index contributed by atoms with van der Waals surface area (Å²) >= 11 is 0. The minimum atomic E-state index is -4.53. The summed E-state index contributed by atoms with van der Waals surface area (Å²) in [5.41, 5.74) is -0.962. The molecule has 0 aliphatic rings. The molecule has 16 heavy (non-hydrogen) atoms. The third-order valence-corrected chi connectivity index (χ3v) is 3.23. The fourth-order valence-corrected chi connectivity index (χ4v) is 2.44. The summed E-state index contributed by atoms with van der Waals surface area (Å²) in [6.07, 6.45) is -4.53. The van der Waals surface area contributed by atoms with E-state index in [2.05, 4.69) is 0 Å². The van der Waals surface area contributed by atoms with Crippen LogP contribution in [0.5, 0.6) is 0 Å². The minimum Gasteiger partial charge on any atom is -1.00 e. The maximum Gasteiger partial charge on any atom is 1.00 e. The van der Waals surface area contributed by atoms with Crippen molar-refractivity contribution in [2.45, 2.75) is 11.1 Å². The Kier molecular flexibility index (Phi) is 5.84. The van der Waals surface area contributed by atoms with Crippen molar-refractivity contribution in [2.75, 3.05) is 0 Å². The Balaban J connectivity index is 0. The van der Waals surface area contributed by atoms with Gasteiger partial charge in [-0.1, -0.05) is 6.07 Å². The molecule has 0 heterocycles. The van der Waals surface area contributed by atoms with Gasteiger partial charge in [-0.05, 0) is 18.2 Å². The molecule has 3 nitrogen and oxygen atoms in total. The molecular weight excluding hydrogens is 276 g/mol. The van der Waals surface area contributed by atoms with Crippen molar-refractivity contribution in [1.82, 2.24) is 0 Å². The second-order valence-electron chi connectivity index (χ2n) is 2.54. The van der Waals surface area contributed by atoms with Crippen molar-refractivity contribution in [3.8, 4) is 0 Å². The van der Waals surface area contributed by atoms with Crippen molar-refractivity contribution in [3.63, 3.8) is 0 Å². The first-order chi connectivity index (χ1) is 6.68. The van der Waals surface area contributed by atoms with Gasteiger partial charge in [0.1, 0.15) is 0 Å². The zero-order valence-electron chi connectivity index (χ0n) is 9.02. The zero-order chi connectivity index (χ0) is 11.7. The summed E-state index contributed by atoms with van der Waals surface area (Å²) in [5.74, 6) is 0. The van der Waals surface area contributed by atoms with Crippen molar-refractivity contribution in [3.05, 3.63) is 29.8 Å². The number of hydrogen-bond acceptors (Lipinski definition) is 3. The first kappa shape index (κ1) is 16.3. The Morgan fingerprint density at radius 2 is 1.88 bits per heavy atom. The van der Waals surface area contributed by atoms with E-state index in [1.165, 1.54) is 0 Å². The standard InChI is InChI=1S/C7H5F3O3S2.Na.H/c8-7(9,10)5-2-1-3-6(4-5)14-15(11,12)13;;/h1-4H,(H,11,12,13);;/q;+1;-1. The van der Waals surface area contributed by atoms with Crippen LogP contribution >= 0.6 is 10.8 Å². The Hall–Kier alpha value is 0.270. The molecule has 0 unspecified atom stereocenters. The summed E-state index contributed by atoms with van der Waals surface area (Å²) in [6, 6.07) is 3.69. The van der Waals surface area contributed by atoms with Gasteiger partial charge in [0.25, 0.3) is 0 Å². The van der Waals surface area contributed by atoms with Crippen LogP contribution in [0.2, 0.25) is 0 Å². The van der Waals surface area contributed by atoms with Gasteiger partial charge in [0, 0.05) is 15.7 Å². The molecule has 86 valence electrons. The van der Waals surface area contributed by atoms with E-state index in [1.807, 2.05) is 0 Å². The Morgan fingerprint density at radius 1 is 1.31 bits per heavy atom. The average molecular weight is 282 g/mol. The molecule has 0 saturated carbocycles. The molecule has 0 radical (unpaired) electrons. The molecule has 0 spiro atoms. The van der Waals surface area contributed by atoms with E-state index in [1.54, 1.807) is 0 Å². The molecule has 1 aromatic carbocycles. The van der Waals surface area contributed by atoms with Crippen molar-refractivity contribution >= 4 is 19.9 Å². The van der Waals surface area contributed by atoms with Crippen LogP contribution in [-0.2, 0) is 15.3 Å². The minimum absolute atomic E-state index is 0. The fourth-order valence-electron chi connectivity index (χ4n) is 0.846. The predicted molar refractivity (Wildman–Crippen MR) is 50.0 cm³/mol. The van der Waals surface area contributed by atoms with E-state index in [4.69, 9.17) is 4.55 Å². The molecule has 1 N–H and O–H groups in total. The third kappa shape index (κ3) is 5.55. The van der Waals surface area contributed by atoms with E-state index in [0.717, 1.165) is 18.2 Å². The number of halogens is 3. The van der Waals surface area contributed by atoms with Gasteiger partial charge < -0.3 is 1.43 Å². The molecule has 0 aromatic heterocycles. The van der Waals surface area contributed by atoms with Gasteiger partial charge in [0.2, 0.25) is 0 Å². The summed E-state index contributed by atoms with van der Waals surface area (Å²) in [4.78, 5) is -0.188. The van der Waals surface area contributed by atoms with Crippen LogP contribution in [-0.4, -0.2) is 13.0 Å². The van der Waals surface area contributed by atoms with Gasteiger partial charge in [0.05, 0.1) is 5.56 Å². The number of alkyl halides is 3. The summed E-state index contributed by atoms with van der Waals surface area (Å²) in [7, 11) is -4.43. The molecule has 0 bridgehead atoms. The van der Waals surface area contributed by atoms with Crippen molar-refractivity contribution in [1.29, 1.82) is 0 Å². The molecule has 0 aliphatic heterocycles. The molecule has 1 rings (SSSR count). The van der Waals surface area contributed by atoms with E-state index in [-0.39, 0.29) is 46.7 Å². The van der Waals surface area contributed by atoms with Crippen LogP contribution in [0, 0.1) is 0 Å². The van der Waals surface area contributed by atoms with Gasteiger partial charge in [-0.3, -0.25) is 4.55 Å². The second-order valence-corrected chi connectivity index (χ2v) is 5.79. The third-order valence-electron chi connectivity index (χ3n) is 1.36. The quantitative estimate of drug-likeness (QED) is 0.460. The van der Waals surface area contributed by atoms with Crippen LogP contribution in [0.1, 0.15) is 6.99 Å². The fraction of sp³-hybridized carbons (Fsp3) is 0.143. The summed E-state index contributed by atoms with van der Waals surface area (Å²) < 4.78 is 65.8. The van der Waals surface area contributed by atoms with Crippen molar-refractivity contribution in [2.24, 2.45) is 0 Å². The first-order valence-corrected chi connectivity index (χ1v) is 6.30. The Morgan fingerprint density at radius 3 is 2.31 bits per heavy atom. The first-order valence-electron chi connectivity index (χ1n) is 3.53. The monoisotopic (exact) mass is 282 g/mol. The van der Waals surface area contributed by atoms with Crippen LogP contribution < -0.4 is 29.6 Å². The Labute approximate surface area is 117 Å². The predicted octanol–water partition coefficient (Wildman–Crippen LogP) is -0.283. The van der Waals surface area contributed by atoms with Gasteiger partial charge in [0.15, 0.2) is 0 Å². The molecule has 9 heteroatoms. The summed E-state index contributed by atoms with van der Waals surface area (Å²) in [6.45, 7) is 0. The topological polar surface area (TPSA) is 54.4 Å².